The Morgan fingerprint density at radius 3 is 2.72 bits per heavy atom. The Bertz CT molecular complexity index is 848. The van der Waals surface area contributed by atoms with Gasteiger partial charge in [-0.05, 0) is 37.8 Å². The zero-order valence-corrected chi connectivity index (χ0v) is 15.8. The van der Waals surface area contributed by atoms with Crippen LogP contribution in [-0.2, 0) is 10.0 Å². The minimum absolute atomic E-state index is 0.0831. The number of carbonyl (C=O) groups excluding carboxylic acids is 1. The molecular formula is C16H21N3O4S2. The van der Waals surface area contributed by atoms with Crippen molar-refractivity contribution in [3.8, 4) is 10.8 Å². The van der Waals surface area contributed by atoms with E-state index in [1.54, 1.807) is 10.3 Å². The topological polar surface area (TPSA) is 92.5 Å². The van der Waals surface area contributed by atoms with Crippen molar-refractivity contribution in [2.24, 2.45) is 5.92 Å². The predicted molar refractivity (Wildman–Crippen MR) is 96.0 cm³/mol. The van der Waals surface area contributed by atoms with E-state index in [0.29, 0.717) is 36.1 Å². The van der Waals surface area contributed by atoms with E-state index in [0.717, 1.165) is 24.9 Å². The summed E-state index contributed by atoms with van der Waals surface area (Å²) in [5, 5.41) is 2.45. The molecule has 2 aromatic rings. The zero-order chi connectivity index (χ0) is 18.0. The number of nitrogens with zero attached hydrogens (tertiary/aromatic N) is 2. The molecule has 9 heteroatoms. The molecule has 0 radical (unpaired) electrons. The standard InChI is InChI=1S/C16H21N3O4S2/c1-11-3-4-14(23-11)15-18-13(10-24-15)16(20)19-7-5-12(6-8-19)9-17-25(2,21)22/h3-4,10,12,17H,5-9H2,1-2H3. The summed E-state index contributed by atoms with van der Waals surface area (Å²) in [4.78, 5) is 18.8. The third-order valence-electron chi connectivity index (χ3n) is 4.21. The Morgan fingerprint density at radius 2 is 2.12 bits per heavy atom. The van der Waals surface area contributed by atoms with Gasteiger partial charge >= 0.3 is 0 Å². The van der Waals surface area contributed by atoms with E-state index in [4.69, 9.17) is 4.42 Å². The number of aryl methyl sites for hydroxylation is 1. The number of likely N-dealkylation sites (tertiary alicyclic amines) is 1. The number of furan rings is 1. The molecule has 3 rings (SSSR count). The average molecular weight is 383 g/mol. The number of carbonyl (C=O) groups is 1. The maximum absolute atomic E-state index is 12.6. The monoisotopic (exact) mass is 383 g/mol. The van der Waals surface area contributed by atoms with Crippen LogP contribution in [0.5, 0.6) is 0 Å². The maximum Gasteiger partial charge on any atom is 0.273 e. The fraction of sp³-hybridized carbons (Fsp3) is 0.500. The molecule has 0 aliphatic carbocycles. The van der Waals surface area contributed by atoms with Crippen molar-refractivity contribution in [1.82, 2.24) is 14.6 Å². The molecule has 0 spiro atoms. The Hall–Kier alpha value is -1.71. The molecule has 7 nitrogen and oxygen atoms in total. The predicted octanol–water partition coefficient (Wildman–Crippen LogP) is 2.11. The van der Waals surface area contributed by atoms with Crippen LogP contribution in [0.15, 0.2) is 21.9 Å². The number of hydrogen-bond donors (Lipinski definition) is 1. The Kier molecular flexibility index (Phi) is 5.26. The fourth-order valence-electron chi connectivity index (χ4n) is 2.81. The highest BCUT2D eigenvalue weighted by Crippen LogP contribution is 2.27. The number of amides is 1. The van der Waals surface area contributed by atoms with Crippen LogP contribution in [0.25, 0.3) is 10.8 Å². The number of piperidine rings is 1. The SMILES string of the molecule is Cc1ccc(-c2nc(C(=O)N3CCC(CNS(C)(=O)=O)CC3)cs2)o1. The van der Waals surface area contributed by atoms with E-state index in [-0.39, 0.29) is 11.8 Å². The number of rotatable bonds is 5. The molecule has 1 amide bonds. The number of aromatic nitrogens is 1. The van der Waals surface area contributed by atoms with E-state index in [1.807, 2.05) is 19.1 Å². The van der Waals surface area contributed by atoms with Gasteiger partial charge in [0.05, 0.1) is 6.26 Å². The molecule has 0 bridgehead atoms. The molecular weight excluding hydrogens is 362 g/mol. The molecule has 0 unspecified atom stereocenters. The first-order valence-corrected chi connectivity index (χ1v) is 10.8. The Morgan fingerprint density at radius 1 is 1.40 bits per heavy atom. The molecule has 0 atom stereocenters. The third-order valence-corrected chi connectivity index (χ3v) is 5.76. The molecule has 1 aliphatic rings. The first kappa shape index (κ1) is 18.1. The molecule has 1 aliphatic heterocycles. The van der Waals surface area contributed by atoms with E-state index in [1.165, 1.54) is 11.3 Å². The van der Waals surface area contributed by atoms with Crippen LogP contribution in [0.3, 0.4) is 0 Å². The lowest BCUT2D eigenvalue weighted by Crippen LogP contribution is -2.41. The van der Waals surface area contributed by atoms with Crippen LogP contribution in [0.2, 0.25) is 0 Å². The second-order valence-electron chi connectivity index (χ2n) is 6.30. The number of nitrogens with one attached hydrogen (secondary N) is 1. The molecule has 136 valence electrons. The Balaban J connectivity index is 1.57. The molecule has 1 saturated heterocycles. The van der Waals surface area contributed by atoms with Crippen molar-refractivity contribution in [3.05, 3.63) is 29.0 Å². The van der Waals surface area contributed by atoms with Crippen molar-refractivity contribution in [2.75, 3.05) is 25.9 Å². The van der Waals surface area contributed by atoms with Crippen LogP contribution in [0.1, 0.15) is 29.1 Å². The summed E-state index contributed by atoms with van der Waals surface area (Å²) in [6.45, 7) is 3.52. The first-order chi connectivity index (χ1) is 11.8. The molecule has 0 aromatic carbocycles. The normalized spacial score (nSPS) is 16.3. The summed E-state index contributed by atoms with van der Waals surface area (Å²) in [6, 6.07) is 3.72. The minimum atomic E-state index is -3.17. The summed E-state index contributed by atoms with van der Waals surface area (Å²) in [5.74, 6) is 1.66. The van der Waals surface area contributed by atoms with Gasteiger partial charge in [-0.2, -0.15) is 0 Å². The van der Waals surface area contributed by atoms with Gasteiger partial charge in [-0.25, -0.2) is 18.1 Å². The number of thiazole rings is 1. The summed E-state index contributed by atoms with van der Waals surface area (Å²) < 4.78 is 30.4. The van der Waals surface area contributed by atoms with Gasteiger partial charge in [-0.15, -0.1) is 11.3 Å². The smallest absolute Gasteiger partial charge is 0.273 e. The lowest BCUT2D eigenvalue weighted by atomic mass is 9.97. The van der Waals surface area contributed by atoms with Gasteiger partial charge in [0, 0.05) is 25.0 Å². The second-order valence-corrected chi connectivity index (χ2v) is 9.00. The zero-order valence-electron chi connectivity index (χ0n) is 14.2. The summed E-state index contributed by atoms with van der Waals surface area (Å²) >= 11 is 1.39. The van der Waals surface area contributed by atoms with Crippen molar-refractivity contribution in [1.29, 1.82) is 0 Å². The largest absolute Gasteiger partial charge is 0.459 e. The minimum Gasteiger partial charge on any atom is -0.459 e. The van der Waals surface area contributed by atoms with Gasteiger partial charge in [0.15, 0.2) is 10.8 Å². The highest BCUT2D eigenvalue weighted by molar-refractivity contribution is 7.88. The van der Waals surface area contributed by atoms with Crippen molar-refractivity contribution >= 4 is 27.3 Å². The fourth-order valence-corrected chi connectivity index (χ4v) is 4.10. The maximum atomic E-state index is 12.6. The summed E-state index contributed by atoms with van der Waals surface area (Å²) in [6.07, 6.45) is 2.72. The van der Waals surface area contributed by atoms with Crippen LogP contribution in [-0.4, -0.2) is 50.1 Å². The van der Waals surface area contributed by atoms with Gasteiger partial charge in [0.2, 0.25) is 10.0 Å². The van der Waals surface area contributed by atoms with Crippen molar-refractivity contribution < 1.29 is 17.6 Å². The van der Waals surface area contributed by atoms with E-state index >= 15 is 0 Å². The molecule has 1 fully saturated rings. The van der Waals surface area contributed by atoms with Crippen LogP contribution >= 0.6 is 11.3 Å². The highest BCUT2D eigenvalue weighted by Gasteiger charge is 2.25. The van der Waals surface area contributed by atoms with E-state index < -0.39 is 10.0 Å². The van der Waals surface area contributed by atoms with Crippen LogP contribution in [0, 0.1) is 12.8 Å². The molecule has 2 aromatic heterocycles. The van der Waals surface area contributed by atoms with E-state index in [9.17, 15) is 13.2 Å². The Labute approximate surface area is 151 Å². The van der Waals surface area contributed by atoms with Gasteiger partial charge in [-0.3, -0.25) is 4.79 Å². The van der Waals surface area contributed by atoms with Gasteiger partial charge in [0.1, 0.15) is 11.5 Å². The van der Waals surface area contributed by atoms with Gasteiger partial charge in [-0.1, -0.05) is 0 Å². The van der Waals surface area contributed by atoms with Gasteiger partial charge < -0.3 is 9.32 Å². The van der Waals surface area contributed by atoms with Crippen LogP contribution in [0.4, 0.5) is 0 Å². The lowest BCUT2D eigenvalue weighted by Gasteiger charge is -2.31. The summed E-state index contributed by atoms with van der Waals surface area (Å²) in [5.41, 5.74) is 0.432. The summed E-state index contributed by atoms with van der Waals surface area (Å²) in [7, 11) is -3.17. The second kappa shape index (κ2) is 7.27. The molecule has 25 heavy (non-hydrogen) atoms. The first-order valence-electron chi connectivity index (χ1n) is 8.08. The van der Waals surface area contributed by atoms with Crippen LogP contribution < -0.4 is 4.72 Å². The lowest BCUT2D eigenvalue weighted by molar-refractivity contribution is 0.0687. The number of sulfonamides is 1. The molecule has 1 N–H and O–H groups in total. The number of hydrogen-bond acceptors (Lipinski definition) is 6. The van der Waals surface area contributed by atoms with Crippen molar-refractivity contribution in [3.63, 3.8) is 0 Å². The molecule has 0 saturated carbocycles. The van der Waals surface area contributed by atoms with Crippen molar-refractivity contribution in [2.45, 2.75) is 19.8 Å². The third kappa shape index (κ3) is 4.68. The highest BCUT2D eigenvalue weighted by atomic mass is 32.2. The average Bonchev–Trinajstić information content (AvgIpc) is 3.21. The molecule has 3 heterocycles. The van der Waals surface area contributed by atoms with E-state index in [2.05, 4.69) is 9.71 Å². The van der Waals surface area contributed by atoms with Gasteiger partial charge in [0.25, 0.3) is 5.91 Å². The quantitative estimate of drug-likeness (QED) is 0.854.